The summed E-state index contributed by atoms with van der Waals surface area (Å²) in [4.78, 5) is 24.8. The van der Waals surface area contributed by atoms with E-state index in [0.717, 1.165) is 5.56 Å². The molecule has 0 spiro atoms. The predicted octanol–water partition coefficient (Wildman–Crippen LogP) is 1.61. The number of benzene rings is 1. The Hall–Kier alpha value is -2.24. The Morgan fingerprint density at radius 3 is 2.55 bits per heavy atom. The third kappa shape index (κ3) is 3.01. The van der Waals surface area contributed by atoms with Crippen LogP contribution in [0.1, 0.15) is 31.4 Å². The van der Waals surface area contributed by atoms with Crippen molar-refractivity contribution in [3.8, 4) is 0 Å². The molecule has 1 aromatic carbocycles. The number of amides is 2. The number of hydrogen-bond acceptors (Lipinski definition) is 3. The first-order valence-electron chi connectivity index (χ1n) is 6.37. The molecule has 2 amide bonds. The van der Waals surface area contributed by atoms with Gasteiger partial charge in [-0.3, -0.25) is 9.59 Å². The van der Waals surface area contributed by atoms with E-state index in [-0.39, 0.29) is 30.1 Å². The maximum absolute atomic E-state index is 12.9. The molecule has 1 heterocycles. The number of carbonyl (C=O) groups is 2. The second-order valence-corrected chi connectivity index (χ2v) is 4.74. The van der Waals surface area contributed by atoms with Crippen LogP contribution >= 0.6 is 0 Å². The lowest BCUT2D eigenvalue weighted by Crippen LogP contribution is -2.39. The Labute approximate surface area is 116 Å². The molecule has 0 fully saturated rings. The summed E-state index contributed by atoms with van der Waals surface area (Å²) in [5.74, 6) is -0.730. The van der Waals surface area contributed by atoms with Gasteiger partial charge in [0.2, 0.25) is 5.91 Å². The van der Waals surface area contributed by atoms with Gasteiger partial charge in [0, 0.05) is 19.9 Å². The number of hydrogen-bond donors (Lipinski definition) is 1. The molecule has 20 heavy (non-hydrogen) atoms. The van der Waals surface area contributed by atoms with Gasteiger partial charge in [-0.2, -0.15) is 5.10 Å². The zero-order chi connectivity index (χ0) is 14.7. The summed E-state index contributed by atoms with van der Waals surface area (Å²) in [5, 5.41) is 3.79. The van der Waals surface area contributed by atoms with Crippen molar-refractivity contribution in [3.05, 3.63) is 35.6 Å². The minimum atomic E-state index is -0.311. The second kappa shape index (κ2) is 5.81. The number of nitrogens with one attached hydrogen (secondary N) is 1. The lowest BCUT2D eigenvalue weighted by atomic mass is 10.1. The molecule has 1 N–H and O–H groups in total. The summed E-state index contributed by atoms with van der Waals surface area (Å²) in [6.07, 6.45) is 0.606. The summed E-state index contributed by atoms with van der Waals surface area (Å²) in [6.45, 7) is 1.85. The number of hydrazone groups is 1. The van der Waals surface area contributed by atoms with E-state index in [1.807, 2.05) is 6.92 Å². The fourth-order valence-electron chi connectivity index (χ4n) is 1.97. The van der Waals surface area contributed by atoms with Crippen LogP contribution < -0.4 is 5.43 Å². The highest BCUT2D eigenvalue weighted by atomic mass is 19.1. The molecule has 1 aliphatic rings. The second-order valence-electron chi connectivity index (χ2n) is 4.74. The Balaban J connectivity index is 2.10. The van der Waals surface area contributed by atoms with E-state index in [4.69, 9.17) is 0 Å². The first kappa shape index (κ1) is 14.2. The van der Waals surface area contributed by atoms with Crippen molar-refractivity contribution in [2.24, 2.45) is 5.10 Å². The van der Waals surface area contributed by atoms with Gasteiger partial charge in [-0.15, -0.1) is 0 Å². The molecule has 0 saturated heterocycles. The van der Waals surface area contributed by atoms with E-state index in [9.17, 15) is 14.0 Å². The first-order chi connectivity index (χ1) is 9.49. The highest BCUT2D eigenvalue weighted by molar-refractivity contribution is 6.39. The molecule has 0 radical (unpaired) electrons. The molecular weight excluding hydrogens is 261 g/mol. The average Bonchev–Trinajstić information content (AvgIpc) is 2.46. The molecule has 0 aromatic heterocycles. The van der Waals surface area contributed by atoms with Gasteiger partial charge in [0.05, 0.1) is 6.04 Å². The Kier molecular flexibility index (Phi) is 4.12. The normalized spacial score (nSPS) is 16.1. The number of rotatable bonds is 3. The van der Waals surface area contributed by atoms with Crippen LogP contribution in [-0.4, -0.2) is 29.5 Å². The topological polar surface area (TPSA) is 61.8 Å². The lowest BCUT2D eigenvalue weighted by molar-refractivity contribution is -0.125. The van der Waals surface area contributed by atoms with Gasteiger partial charge < -0.3 is 4.90 Å². The van der Waals surface area contributed by atoms with Gasteiger partial charge in [-0.1, -0.05) is 12.1 Å². The van der Waals surface area contributed by atoms with Crippen molar-refractivity contribution in [3.63, 3.8) is 0 Å². The van der Waals surface area contributed by atoms with E-state index in [1.165, 1.54) is 17.0 Å². The standard InChI is InChI=1S/C14H16FN3O2/c1-9(10-3-5-11(15)6-4-10)18(2)14(20)12-7-8-13(19)17-16-12/h3-6,9H,7-8H2,1-2H3,(H,17,19). The van der Waals surface area contributed by atoms with Crippen LogP contribution in [0.2, 0.25) is 0 Å². The maximum Gasteiger partial charge on any atom is 0.270 e. The fraction of sp³-hybridized carbons (Fsp3) is 0.357. The molecule has 106 valence electrons. The summed E-state index contributed by atoms with van der Waals surface area (Å²) in [6, 6.07) is 5.82. The van der Waals surface area contributed by atoms with Crippen molar-refractivity contribution in [2.45, 2.75) is 25.8 Å². The Bertz CT molecular complexity index is 554. The highest BCUT2D eigenvalue weighted by Crippen LogP contribution is 2.20. The van der Waals surface area contributed by atoms with Crippen LogP contribution in [0.15, 0.2) is 29.4 Å². The number of halogens is 1. The van der Waals surface area contributed by atoms with Crippen molar-refractivity contribution >= 4 is 17.5 Å². The van der Waals surface area contributed by atoms with Crippen LogP contribution in [0.4, 0.5) is 4.39 Å². The van der Waals surface area contributed by atoms with E-state index >= 15 is 0 Å². The van der Waals surface area contributed by atoms with Crippen LogP contribution in [0, 0.1) is 5.82 Å². The van der Waals surface area contributed by atoms with Crippen LogP contribution in [-0.2, 0) is 9.59 Å². The summed E-state index contributed by atoms with van der Waals surface area (Å²) >= 11 is 0. The largest absolute Gasteiger partial charge is 0.334 e. The molecule has 0 aliphatic carbocycles. The van der Waals surface area contributed by atoms with Crippen molar-refractivity contribution in [1.29, 1.82) is 0 Å². The first-order valence-corrected chi connectivity index (χ1v) is 6.37. The molecule has 5 nitrogen and oxygen atoms in total. The van der Waals surface area contributed by atoms with Gasteiger partial charge in [-0.05, 0) is 24.6 Å². The minimum Gasteiger partial charge on any atom is -0.334 e. The molecule has 2 rings (SSSR count). The number of nitrogens with zero attached hydrogens (tertiary/aromatic N) is 2. The predicted molar refractivity (Wildman–Crippen MR) is 72.4 cm³/mol. The SMILES string of the molecule is CC(c1ccc(F)cc1)N(C)C(=O)C1=NNC(=O)CC1. The third-order valence-corrected chi connectivity index (χ3v) is 3.40. The summed E-state index contributed by atoms with van der Waals surface area (Å²) < 4.78 is 12.9. The Morgan fingerprint density at radius 2 is 2.00 bits per heavy atom. The minimum absolute atomic E-state index is 0.184. The van der Waals surface area contributed by atoms with E-state index in [0.29, 0.717) is 12.1 Å². The van der Waals surface area contributed by atoms with Crippen LogP contribution in [0.25, 0.3) is 0 Å². The molecule has 1 unspecified atom stereocenters. The van der Waals surface area contributed by atoms with E-state index < -0.39 is 0 Å². The van der Waals surface area contributed by atoms with Gasteiger partial charge >= 0.3 is 0 Å². The van der Waals surface area contributed by atoms with E-state index in [2.05, 4.69) is 10.5 Å². The molecule has 1 aromatic rings. The monoisotopic (exact) mass is 277 g/mol. The van der Waals surface area contributed by atoms with Gasteiger partial charge in [0.1, 0.15) is 11.5 Å². The fourth-order valence-corrected chi connectivity index (χ4v) is 1.97. The quantitative estimate of drug-likeness (QED) is 0.912. The van der Waals surface area contributed by atoms with Crippen LogP contribution in [0.5, 0.6) is 0 Å². The zero-order valence-electron chi connectivity index (χ0n) is 11.4. The highest BCUT2D eigenvalue weighted by Gasteiger charge is 2.24. The van der Waals surface area contributed by atoms with Gasteiger partial charge in [-0.25, -0.2) is 9.82 Å². The van der Waals surface area contributed by atoms with Gasteiger partial charge in [0.15, 0.2) is 0 Å². The smallest absolute Gasteiger partial charge is 0.270 e. The average molecular weight is 277 g/mol. The van der Waals surface area contributed by atoms with Gasteiger partial charge in [0.25, 0.3) is 5.91 Å². The lowest BCUT2D eigenvalue weighted by Gasteiger charge is -2.26. The summed E-state index contributed by atoms with van der Waals surface area (Å²) in [7, 11) is 1.66. The van der Waals surface area contributed by atoms with Crippen molar-refractivity contribution in [1.82, 2.24) is 10.3 Å². The molecule has 6 heteroatoms. The van der Waals surface area contributed by atoms with E-state index in [1.54, 1.807) is 19.2 Å². The number of carbonyl (C=O) groups excluding carboxylic acids is 2. The van der Waals surface area contributed by atoms with Crippen molar-refractivity contribution in [2.75, 3.05) is 7.05 Å². The Morgan fingerprint density at radius 1 is 1.35 bits per heavy atom. The maximum atomic E-state index is 12.9. The molecule has 0 saturated carbocycles. The summed E-state index contributed by atoms with van der Waals surface area (Å²) in [5.41, 5.74) is 3.48. The molecular formula is C14H16FN3O2. The third-order valence-electron chi connectivity index (χ3n) is 3.40. The molecule has 0 bridgehead atoms. The molecule has 1 atom stereocenters. The van der Waals surface area contributed by atoms with Crippen LogP contribution in [0.3, 0.4) is 0 Å². The zero-order valence-corrected chi connectivity index (χ0v) is 11.4. The van der Waals surface area contributed by atoms with Crippen molar-refractivity contribution < 1.29 is 14.0 Å². The molecule has 1 aliphatic heterocycles.